The van der Waals surface area contributed by atoms with Crippen LogP contribution in [0.25, 0.3) is 11.1 Å². The molecule has 0 bridgehead atoms. The van der Waals surface area contributed by atoms with E-state index >= 15 is 0 Å². The van der Waals surface area contributed by atoms with E-state index in [0.29, 0.717) is 39.6 Å². The minimum absolute atomic E-state index is 0.0317. The number of hydrogen-bond donors (Lipinski definition) is 3. The fourth-order valence-corrected chi connectivity index (χ4v) is 5.73. The Labute approximate surface area is 207 Å². The molecule has 2 aromatic rings. The van der Waals surface area contributed by atoms with Crippen molar-refractivity contribution in [3.63, 3.8) is 0 Å². The van der Waals surface area contributed by atoms with Gasteiger partial charge in [-0.1, -0.05) is 25.0 Å². The lowest BCUT2D eigenvalue weighted by molar-refractivity contribution is 0.104. The average molecular weight is 480 g/mol. The highest BCUT2D eigenvalue weighted by molar-refractivity contribution is 6.26. The SMILES string of the molecule is COc1cc(OC(C)C2CCCCN2)c(N)c2c1-c1c(OC(C)C3CCCCN3)cccc1C2=O. The molecule has 0 radical (unpaired) electrons. The fraction of sp³-hybridized carbons (Fsp3) is 0.536. The minimum Gasteiger partial charge on any atom is -0.496 e. The molecule has 7 nitrogen and oxygen atoms in total. The molecule has 4 atom stereocenters. The third-order valence-corrected chi connectivity index (χ3v) is 7.72. The maximum Gasteiger partial charge on any atom is 0.196 e. The van der Waals surface area contributed by atoms with E-state index in [1.807, 2.05) is 31.2 Å². The molecule has 1 aliphatic carbocycles. The summed E-state index contributed by atoms with van der Waals surface area (Å²) in [5.41, 5.74) is 9.44. The number of nitrogens with two attached hydrogens (primary N) is 1. The number of anilines is 1. The van der Waals surface area contributed by atoms with E-state index in [2.05, 4.69) is 17.6 Å². The molecule has 4 N–H and O–H groups in total. The van der Waals surface area contributed by atoms with Gasteiger partial charge in [0.2, 0.25) is 0 Å². The molecule has 5 rings (SSSR count). The number of fused-ring (bicyclic) bond motifs is 3. The van der Waals surface area contributed by atoms with Gasteiger partial charge in [0.25, 0.3) is 0 Å². The fourth-order valence-electron chi connectivity index (χ4n) is 5.73. The van der Waals surface area contributed by atoms with Crippen LogP contribution in [0.15, 0.2) is 24.3 Å². The highest BCUT2D eigenvalue weighted by atomic mass is 16.5. The first-order valence-corrected chi connectivity index (χ1v) is 13.0. The van der Waals surface area contributed by atoms with Crippen molar-refractivity contribution in [1.29, 1.82) is 0 Å². The standard InChI is InChI=1S/C28H37N3O4/c1-16(19-10-4-6-13-30-19)34-21-12-8-9-18-24(21)25-22(33-3)15-23(27(29)26(25)28(18)32)35-17(2)20-11-5-7-14-31-20/h8-9,12,15-17,19-20,30-31H,4-7,10-11,13-14,29H2,1-3H3. The molecule has 188 valence electrons. The van der Waals surface area contributed by atoms with Crippen molar-refractivity contribution >= 4 is 11.5 Å². The Morgan fingerprint density at radius 1 is 0.857 bits per heavy atom. The summed E-state index contributed by atoms with van der Waals surface area (Å²) in [5.74, 6) is 1.62. The van der Waals surface area contributed by atoms with E-state index in [4.69, 9.17) is 19.9 Å². The first-order valence-electron chi connectivity index (χ1n) is 13.0. The Kier molecular flexibility index (Phi) is 6.89. The predicted octanol–water partition coefficient (Wildman–Crippen LogP) is 4.31. The number of ketones is 1. The van der Waals surface area contributed by atoms with Gasteiger partial charge in [-0.25, -0.2) is 0 Å². The largest absolute Gasteiger partial charge is 0.496 e. The van der Waals surface area contributed by atoms with Gasteiger partial charge in [0, 0.05) is 34.8 Å². The third kappa shape index (κ3) is 4.47. The topological polar surface area (TPSA) is 94.8 Å². The van der Waals surface area contributed by atoms with Crippen molar-refractivity contribution in [3.05, 3.63) is 35.4 Å². The molecule has 35 heavy (non-hydrogen) atoms. The lowest BCUT2D eigenvalue weighted by Crippen LogP contribution is -2.44. The molecule has 3 aliphatic rings. The summed E-state index contributed by atoms with van der Waals surface area (Å²) in [5, 5.41) is 7.09. The molecular formula is C28H37N3O4. The number of piperidine rings is 2. The van der Waals surface area contributed by atoms with E-state index in [-0.39, 0.29) is 30.1 Å². The van der Waals surface area contributed by atoms with Crippen LogP contribution < -0.4 is 30.6 Å². The Bertz CT molecular complexity index is 1090. The van der Waals surface area contributed by atoms with Crippen molar-refractivity contribution in [2.75, 3.05) is 25.9 Å². The second-order valence-corrected chi connectivity index (χ2v) is 10.0. The summed E-state index contributed by atoms with van der Waals surface area (Å²) >= 11 is 0. The van der Waals surface area contributed by atoms with Crippen LogP contribution >= 0.6 is 0 Å². The molecule has 0 spiro atoms. The molecule has 2 saturated heterocycles. The number of hydrogen-bond acceptors (Lipinski definition) is 7. The van der Waals surface area contributed by atoms with E-state index in [1.54, 1.807) is 7.11 Å². The van der Waals surface area contributed by atoms with Crippen LogP contribution in [0.2, 0.25) is 0 Å². The first-order chi connectivity index (χ1) is 17.0. The quantitative estimate of drug-likeness (QED) is 0.435. The van der Waals surface area contributed by atoms with Crippen molar-refractivity contribution in [2.45, 2.75) is 76.7 Å². The van der Waals surface area contributed by atoms with E-state index < -0.39 is 0 Å². The van der Waals surface area contributed by atoms with Gasteiger partial charge in [-0.3, -0.25) is 4.79 Å². The maximum atomic E-state index is 13.6. The number of nitrogens with one attached hydrogen (secondary N) is 2. The van der Waals surface area contributed by atoms with Crippen molar-refractivity contribution in [3.8, 4) is 28.4 Å². The van der Waals surface area contributed by atoms with Crippen LogP contribution in [0, 0.1) is 0 Å². The van der Waals surface area contributed by atoms with E-state index in [1.165, 1.54) is 25.7 Å². The molecule has 4 unspecified atom stereocenters. The zero-order chi connectivity index (χ0) is 24.5. The molecule has 0 aromatic heterocycles. The summed E-state index contributed by atoms with van der Waals surface area (Å²) in [6.07, 6.45) is 6.78. The number of nitrogen functional groups attached to an aromatic ring is 1. The van der Waals surface area contributed by atoms with Crippen LogP contribution in [-0.4, -0.2) is 50.3 Å². The second-order valence-electron chi connectivity index (χ2n) is 10.0. The number of carbonyl (C=O) groups excluding carboxylic acids is 1. The zero-order valence-electron chi connectivity index (χ0n) is 21.0. The van der Waals surface area contributed by atoms with Gasteiger partial charge in [-0.05, 0) is 58.7 Å². The van der Waals surface area contributed by atoms with Gasteiger partial charge >= 0.3 is 0 Å². The van der Waals surface area contributed by atoms with Crippen molar-refractivity contribution in [1.82, 2.24) is 10.6 Å². The molecule has 7 heteroatoms. The molecule has 2 aromatic carbocycles. The van der Waals surface area contributed by atoms with Crippen LogP contribution in [0.5, 0.6) is 17.2 Å². The van der Waals surface area contributed by atoms with Gasteiger partial charge in [0.1, 0.15) is 29.5 Å². The van der Waals surface area contributed by atoms with E-state index in [9.17, 15) is 4.79 Å². The number of ether oxygens (including phenoxy) is 3. The highest BCUT2D eigenvalue weighted by Crippen LogP contribution is 2.52. The van der Waals surface area contributed by atoms with Crippen molar-refractivity contribution in [2.24, 2.45) is 0 Å². The Morgan fingerprint density at radius 2 is 1.49 bits per heavy atom. The van der Waals surface area contributed by atoms with Crippen LogP contribution in [0.1, 0.15) is 68.3 Å². The first kappa shape index (κ1) is 23.9. The van der Waals surface area contributed by atoms with E-state index in [0.717, 1.165) is 31.5 Å². The van der Waals surface area contributed by atoms with Gasteiger partial charge < -0.3 is 30.6 Å². The molecule has 2 heterocycles. The van der Waals surface area contributed by atoms with Gasteiger partial charge in [-0.2, -0.15) is 0 Å². The Morgan fingerprint density at radius 3 is 2.06 bits per heavy atom. The van der Waals surface area contributed by atoms with Crippen LogP contribution in [0.4, 0.5) is 5.69 Å². The summed E-state index contributed by atoms with van der Waals surface area (Å²) in [6, 6.07) is 7.99. The van der Waals surface area contributed by atoms with Crippen LogP contribution in [0.3, 0.4) is 0 Å². The maximum absolute atomic E-state index is 13.6. The monoisotopic (exact) mass is 479 g/mol. The van der Waals surface area contributed by atoms with Gasteiger partial charge in [0.15, 0.2) is 5.78 Å². The molecule has 2 aliphatic heterocycles. The lowest BCUT2D eigenvalue weighted by atomic mass is 9.99. The molecular weight excluding hydrogens is 442 g/mol. The number of benzene rings is 2. The molecule has 0 saturated carbocycles. The van der Waals surface area contributed by atoms with Gasteiger partial charge in [0.05, 0.1) is 18.4 Å². The summed E-state index contributed by atoms with van der Waals surface area (Å²) in [4.78, 5) is 13.6. The lowest BCUT2D eigenvalue weighted by Gasteiger charge is -2.30. The summed E-state index contributed by atoms with van der Waals surface area (Å²) < 4.78 is 18.6. The minimum atomic E-state index is -0.117. The second kappa shape index (κ2) is 10.1. The Hall–Kier alpha value is -2.77. The van der Waals surface area contributed by atoms with Crippen LogP contribution in [-0.2, 0) is 0 Å². The molecule has 0 amide bonds. The number of carbonyl (C=O) groups is 1. The van der Waals surface area contributed by atoms with Crippen molar-refractivity contribution < 1.29 is 19.0 Å². The number of rotatable bonds is 7. The highest BCUT2D eigenvalue weighted by Gasteiger charge is 2.37. The smallest absolute Gasteiger partial charge is 0.196 e. The molecule has 2 fully saturated rings. The number of methoxy groups -OCH3 is 1. The van der Waals surface area contributed by atoms with Gasteiger partial charge in [-0.15, -0.1) is 0 Å². The average Bonchev–Trinajstić information content (AvgIpc) is 3.20. The predicted molar refractivity (Wildman–Crippen MR) is 138 cm³/mol. The Balaban J connectivity index is 1.49. The normalized spacial score (nSPS) is 23.2. The summed E-state index contributed by atoms with van der Waals surface area (Å²) in [7, 11) is 1.61. The third-order valence-electron chi connectivity index (χ3n) is 7.72. The zero-order valence-corrected chi connectivity index (χ0v) is 21.0. The summed E-state index contributed by atoms with van der Waals surface area (Å²) in [6.45, 7) is 6.13.